The number of piperidine rings is 1. The van der Waals surface area contributed by atoms with Gasteiger partial charge in [-0.2, -0.15) is 0 Å². The van der Waals surface area contributed by atoms with Crippen molar-refractivity contribution < 1.29 is 14.6 Å². The van der Waals surface area contributed by atoms with Crippen LogP contribution in [0.15, 0.2) is 30.3 Å². The number of amides is 1. The number of benzene rings is 1. The molecule has 1 aliphatic rings. The van der Waals surface area contributed by atoms with Crippen LogP contribution in [0, 0.1) is 0 Å². The van der Waals surface area contributed by atoms with E-state index in [1.807, 2.05) is 18.2 Å². The van der Waals surface area contributed by atoms with Gasteiger partial charge in [0.2, 0.25) is 0 Å². The fraction of sp³-hybridized carbons (Fsp3) is 0.500. The van der Waals surface area contributed by atoms with E-state index in [4.69, 9.17) is 9.84 Å². The van der Waals surface area contributed by atoms with E-state index in [-0.39, 0.29) is 12.1 Å². The lowest BCUT2D eigenvalue weighted by atomic mass is 10.0. The Kier molecular flexibility index (Phi) is 4.76. The van der Waals surface area contributed by atoms with E-state index < -0.39 is 6.09 Å². The molecule has 1 aromatic rings. The molecule has 19 heavy (non-hydrogen) atoms. The van der Waals surface area contributed by atoms with Gasteiger partial charge in [-0.1, -0.05) is 30.3 Å². The first kappa shape index (κ1) is 13.8. The second kappa shape index (κ2) is 6.54. The minimum Gasteiger partial charge on any atom is -0.465 e. The first-order valence-electron chi connectivity index (χ1n) is 6.47. The quantitative estimate of drug-likeness (QED) is 0.866. The monoisotopic (exact) mass is 264 g/mol. The topological polar surface area (TPSA) is 61.8 Å². The first-order valence-corrected chi connectivity index (χ1v) is 6.47. The molecule has 1 aromatic carbocycles. The van der Waals surface area contributed by atoms with E-state index in [1.54, 1.807) is 7.11 Å². The SMILES string of the molecule is CO[C@@H]1CN(Cc2ccccc2)CC[C@@H]1NC(=O)O. The number of ether oxygens (including phenoxy) is 1. The highest BCUT2D eigenvalue weighted by molar-refractivity contribution is 5.65. The number of nitrogens with one attached hydrogen (secondary N) is 1. The van der Waals surface area contributed by atoms with Crippen LogP contribution in [0.3, 0.4) is 0 Å². The summed E-state index contributed by atoms with van der Waals surface area (Å²) >= 11 is 0. The van der Waals surface area contributed by atoms with Crippen molar-refractivity contribution in [3.63, 3.8) is 0 Å². The molecule has 5 nitrogen and oxygen atoms in total. The standard InChI is InChI=1S/C14H20N2O3/c1-19-13-10-16(8-7-12(13)15-14(17)18)9-11-5-3-2-4-6-11/h2-6,12-13,15H,7-10H2,1H3,(H,17,18)/t12-,13+/m0/s1. The Labute approximate surface area is 113 Å². The highest BCUT2D eigenvalue weighted by Crippen LogP contribution is 2.16. The van der Waals surface area contributed by atoms with E-state index in [9.17, 15) is 4.79 Å². The Morgan fingerprint density at radius 2 is 2.21 bits per heavy atom. The van der Waals surface area contributed by atoms with Crippen molar-refractivity contribution in [2.75, 3.05) is 20.2 Å². The van der Waals surface area contributed by atoms with Crippen LogP contribution in [0.2, 0.25) is 0 Å². The summed E-state index contributed by atoms with van der Waals surface area (Å²) in [6.45, 7) is 2.50. The Morgan fingerprint density at radius 1 is 1.47 bits per heavy atom. The number of rotatable bonds is 4. The van der Waals surface area contributed by atoms with Crippen LogP contribution >= 0.6 is 0 Å². The first-order chi connectivity index (χ1) is 9.19. The molecule has 104 valence electrons. The summed E-state index contributed by atoms with van der Waals surface area (Å²) in [6, 6.07) is 10.1. The molecule has 1 heterocycles. The third-order valence-corrected chi connectivity index (χ3v) is 3.50. The highest BCUT2D eigenvalue weighted by atomic mass is 16.5. The zero-order valence-electron chi connectivity index (χ0n) is 11.1. The summed E-state index contributed by atoms with van der Waals surface area (Å²) in [5.74, 6) is 0. The molecular formula is C14H20N2O3. The summed E-state index contributed by atoms with van der Waals surface area (Å²) in [7, 11) is 1.63. The molecule has 0 spiro atoms. The Balaban J connectivity index is 1.91. The second-order valence-electron chi connectivity index (χ2n) is 4.84. The van der Waals surface area contributed by atoms with Gasteiger partial charge in [0.25, 0.3) is 0 Å². The Hall–Kier alpha value is -1.59. The third kappa shape index (κ3) is 3.94. The number of carboxylic acid groups (broad SMARTS) is 1. The molecule has 1 amide bonds. The van der Waals surface area contributed by atoms with Crippen molar-refractivity contribution >= 4 is 6.09 Å². The predicted molar refractivity (Wildman–Crippen MR) is 72.1 cm³/mol. The van der Waals surface area contributed by atoms with Gasteiger partial charge in [0.15, 0.2) is 0 Å². The number of nitrogens with zero attached hydrogens (tertiary/aromatic N) is 1. The van der Waals surface area contributed by atoms with Crippen LogP contribution in [0.5, 0.6) is 0 Å². The van der Waals surface area contributed by atoms with Crippen LogP contribution in [0.4, 0.5) is 4.79 Å². The second-order valence-corrected chi connectivity index (χ2v) is 4.84. The molecule has 0 radical (unpaired) electrons. The van der Waals surface area contributed by atoms with Crippen LogP contribution in [-0.4, -0.2) is 48.4 Å². The van der Waals surface area contributed by atoms with Gasteiger partial charge in [-0.05, 0) is 12.0 Å². The van der Waals surface area contributed by atoms with Crippen molar-refractivity contribution in [2.24, 2.45) is 0 Å². The molecular weight excluding hydrogens is 244 g/mol. The maximum Gasteiger partial charge on any atom is 0.404 e. The van der Waals surface area contributed by atoms with Gasteiger partial charge in [-0.25, -0.2) is 4.79 Å². The van der Waals surface area contributed by atoms with E-state index in [2.05, 4.69) is 22.3 Å². The maximum absolute atomic E-state index is 10.7. The molecule has 2 atom stereocenters. The zero-order chi connectivity index (χ0) is 13.7. The fourth-order valence-corrected chi connectivity index (χ4v) is 2.53. The number of methoxy groups -OCH3 is 1. The van der Waals surface area contributed by atoms with Crippen LogP contribution in [-0.2, 0) is 11.3 Å². The fourth-order valence-electron chi connectivity index (χ4n) is 2.53. The van der Waals surface area contributed by atoms with Crippen molar-refractivity contribution in [3.05, 3.63) is 35.9 Å². The lowest BCUT2D eigenvalue weighted by molar-refractivity contribution is 0.00438. The number of likely N-dealkylation sites (tertiary alicyclic amines) is 1. The van der Waals surface area contributed by atoms with E-state index in [1.165, 1.54) is 5.56 Å². The lowest BCUT2D eigenvalue weighted by Crippen LogP contribution is -2.54. The van der Waals surface area contributed by atoms with E-state index in [0.29, 0.717) is 0 Å². The normalized spacial score (nSPS) is 24.1. The average molecular weight is 264 g/mol. The van der Waals surface area contributed by atoms with E-state index in [0.717, 1.165) is 26.1 Å². The predicted octanol–water partition coefficient (Wildman–Crippen LogP) is 1.54. The highest BCUT2D eigenvalue weighted by Gasteiger charge is 2.30. The van der Waals surface area contributed by atoms with Gasteiger partial charge < -0.3 is 15.2 Å². The molecule has 1 aliphatic heterocycles. The zero-order valence-corrected chi connectivity index (χ0v) is 11.1. The number of hydrogen-bond donors (Lipinski definition) is 2. The molecule has 0 saturated carbocycles. The summed E-state index contributed by atoms with van der Waals surface area (Å²) in [5.41, 5.74) is 1.27. The smallest absolute Gasteiger partial charge is 0.404 e. The molecule has 0 aromatic heterocycles. The van der Waals surface area contributed by atoms with Crippen molar-refractivity contribution in [1.82, 2.24) is 10.2 Å². The number of hydrogen-bond acceptors (Lipinski definition) is 3. The minimum absolute atomic E-state index is 0.0893. The molecule has 0 bridgehead atoms. The molecule has 2 rings (SSSR count). The summed E-state index contributed by atoms with van der Waals surface area (Å²) in [6.07, 6.45) is -0.297. The van der Waals surface area contributed by atoms with Gasteiger partial charge >= 0.3 is 6.09 Å². The molecule has 1 fully saturated rings. The molecule has 1 saturated heterocycles. The molecule has 2 N–H and O–H groups in total. The van der Waals surface area contributed by atoms with Crippen molar-refractivity contribution in [2.45, 2.75) is 25.1 Å². The lowest BCUT2D eigenvalue weighted by Gasteiger charge is -2.37. The van der Waals surface area contributed by atoms with Crippen molar-refractivity contribution in [1.29, 1.82) is 0 Å². The molecule has 0 unspecified atom stereocenters. The van der Waals surface area contributed by atoms with Crippen molar-refractivity contribution in [3.8, 4) is 0 Å². The molecule has 5 heteroatoms. The summed E-state index contributed by atoms with van der Waals surface area (Å²) < 4.78 is 5.41. The van der Waals surface area contributed by atoms with Gasteiger partial charge in [0.1, 0.15) is 0 Å². The van der Waals surface area contributed by atoms with Gasteiger partial charge in [-0.15, -0.1) is 0 Å². The average Bonchev–Trinajstić information content (AvgIpc) is 2.41. The molecule has 0 aliphatic carbocycles. The van der Waals surface area contributed by atoms with Crippen LogP contribution in [0.25, 0.3) is 0 Å². The van der Waals surface area contributed by atoms with E-state index >= 15 is 0 Å². The largest absolute Gasteiger partial charge is 0.465 e. The minimum atomic E-state index is -0.983. The van der Waals surface area contributed by atoms with Gasteiger partial charge in [-0.3, -0.25) is 4.90 Å². The van der Waals surface area contributed by atoms with Gasteiger partial charge in [0.05, 0.1) is 12.1 Å². The summed E-state index contributed by atoms with van der Waals surface area (Å²) in [5, 5.41) is 11.3. The van der Waals surface area contributed by atoms with Crippen LogP contribution < -0.4 is 5.32 Å². The maximum atomic E-state index is 10.7. The Bertz CT molecular complexity index is 410. The summed E-state index contributed by atoms with van der Waals surface area (Å²) in [4.78, 5) is 13.0. The number of carbonyl (C=O) groups is 1. The Morgan fingerprint density at radius 3 is 2.84 bits per heavy atom. The van der Waals surface area contributed by atoms with Gasteiger partial charge in [0, 0.05) is 26.7 Å². The third-order valence-electron chi connectivity index (χ3n) is 3.50. The van der Waals surface area contributed by atoms with Crippen LogP contribution in [0.1, 0.15) is 12.0 Å².